The summed E-state index contributed by atoms with van der Waals surface area (Å²) in [4.78, 5) is 2.35. The molecular weight excluding hydrogens is 229 g/mol. The lowest BCUT2D eigenvalue weighted by Gasteiger charge is -2.33. The molecule has 0 bridgehead atoms. The van der Waals surface area contributed by atoms with Crippen LogP contribution in [-0.2, 0) is 6.61 Å². The number of aliphatic hydroxyl groups excluding tert-OH is 1. The van der Waals surface area contributed by atoms with Crippen LogP contribution in [0.15, 0.2) is 18.2 Å². The zero-order valence-electron chi connectivity index (χ0n) is 10.6. The molecule has 0 spiro atoms. The molecule has 1 aliphatic carbocycles. The summed E-state index contributed by atoms with van der Waals surface area (Å²) in [5.41, 5.74) is 1.62. The minimum absolute atomic E-state index is 0.0906. The topological polar surface area (TPSA) is 23.5 Å². The first-order valence-electron chi connectivity index (χ1n) is 6.95. The van der Waals surface area contributed by atoms with E-state index in [0.29, 0.717) is 11.6 Å². The predicted molar refractivity (Wildman–Crippen MR) is 70.0 cm³/mol. The number of nitrogens with zero attached hydrogens (tertiary/aromatic N) is 1. The van der Waals surface area contributed by atoms with E-state index in [9.17, 15) is 9.50 Å². The van der Waals surface area contributed by atoms with Crippen LogP contribution in [0.25, 0.3) is 0 Å². The Hall–Kier alpha value is -1.09. The van der Waals surface area contributed by atoms with Crippen molar-refractivity contribution >= 4 is 5.69 Å². The number of halogens is 1. The number of rotatable bonds is 2. The number of hydrogen-bond donors (Lipinski definition) is 1. The summed E-state index contributed by atoms with van der Waals surface area (Å²) in [7, 11) is 0. The monoisotopic (exact) mass is 249 g/mol. The number of benzene rings is 1. The molecule has 2 atom stereocenters. The molecule has 1 aromatic rings. The Morgan fingerprint density at radius 1 is 1.17 bits per heavy atom. The number of aliphatic hydroxyl groups is 1. The third-order valence-electron chi connectivity index (χ3n) is 4.47. The highest BCUT2D eigenvalue weighted by Crippen LogP contribution is 2.39. The van der Waals surface area contributed by atoms with Gasteiger partial charge in [0.2, 0.25) is 0 Å². The molecule has 0 aromatic heterocycles. The highest BCUT2D eigenvalue weighted by Gasteiger charge is 2.35. The Morgan fingerprint density at radius 3 is 2.83 bits per heavy atom. The summed E-state index contributed by atoms with van der Waals surface area (Å²) in [6, 6.07) is 5.54. The van der Waals surface area contributed by atoms with Gasteiger partial charge < -0.3 is 10.0 Å². The second-order valence-corrected chi connectivity index (χ2v) is 5.57. The Labute approximate surface area is 107 Å². The molecule has 0 radical (unpaired) electrons. The molecule has 1 saturated carbocycles. The van der Waals surface area contributed by atoms with Crippen molar-refractivity contribution in [1.82, 2.24) is 0 Å². The molecular formula is C15H20FNO. The third kappa shape index (κ3) is 2.12. The van der Waals surface area contributed by atoms with E-state index in [0.717, 1.165) is 18.2 Å². The first-order valence-corrected chi connectivity index (χ1v) is 6.95. The van der Waals surface area contributed by atoms with Crippen LogP contribution in [0.1, 0.15) is 37.7 Å². The van der Waals surface area contributed by atoms with Crippen LogP contribution in [0.4, 0.5) is 10.1 Å². The molecule has 2 fully saturated rings. The van der Waals surface area contributed by atoms with Crippen LogP contribution in [0.3, 0.4) is 0 Å². The van der Waals surface area contributed by atoms with Crippen LogP contribution in [0.5, 0.6) is 0 Å². The maximum atomic E-state index is 13.6. The Bertz CT molecular complexity index is 435. The van der Waals surface area contributed by atoms with Crippen molar-refractivity contribution in [1.29, 1.82) is 0 Å². The molecule has 0 amide bonds. The van der Waals surface area contributed by atoms with Gasteiger partial charge in [0.05, 0.1) is 6.61 Å². The molecule has 3 rings (SSSR count). The smallest absolute Gasteiger partial charge is 0.125 e. The zero-order valence-corrected chi connectivity index (χ0v) is 10.6. The predicted octanol–water partition coefficient (Wildman–Crippen LogP) is 3.09. The van der Waals surface area contributed by atoms with E-state index < -0.39 is 0 Å². The first-order chi connectivity index (χ1) is 8.78. The molecule has 1 aliphatic heterocycles. The van der Waals surface area contributed by atoms with Crippen molar-refractivity contribution < 1.29 is 9.50 Å². The molecule has 2 unspecified atom stereocenters. The first kappa shape index (κ1) is 12.0. The highest BCUT2D eigenvalue weighted by molar-refractivity contribution is 5.51. The number of hydrogen-bond acceptors (Lipinski definition) is 2. The van der Waals surface area contributed by atoms with Gasteiger partial charge in [0, 0.05) is 18.3 Å². The van der Waals surface area contributed by atoms with Crippen LogP contribution >= 0.6 is 0 Å². The van der Waals surface area contributed by atoms with Crippen molar-refractivity contribution in [2.24, 2.45) is 5.92 Å². The Kier molecular flexibility index (Phi) is 3.25. The van der Waals surface area contributed by atoms with Crippen LogP contribution < -0.4 is 4.90 Å². The average molecular weight is 249 g/mol. The second-order valence-electron chi connectivity index (χ2n) is 5.57. The molecule has 98 valence electrons. The van der Waals surface area contributed by atoms with E-state index in [2.05, 4.69) is 4.90 Å². The summed E-state index contributed by atoms with van der Waals surface area (Å²) >= 11 is 0. The molecule has 1 saturated heterocycles. The fraction of sp³-hybridized carbons (Fsp3) is 0.600. The maximum Gasteiger partial charge on any atom is 0.125 e. The second kappa shape index (κ2) is 4.88. The van der Waals surface area contributed by atoms with Gasteiger partial charge >= 0.3 is 0 Å². The minimum atomic E-state index is -0.240. The molecule has 3 heteroatoms. The van der Waals surface area contributed by atoms with Gasteiger partial charge in [-0.05, 0) is 48.9 Å². The summed E-state index contributed by atoms with van der Waals surface area (Å²) in [6.07, 6.45) is 6.43. The fourth-order valence-electron chi connectivity index (χ4n) is 3.62. The molecule has 2 nitrogen and oxygen atoms in total. The van der Waals surface area contributed by atoms with Crippen molar-refractivity contribution in [2.45, 2.75) is 44.8 Å². The van der Waals surface area contributed by atoms with E-state index >= 15 is 0 Å². The maximum absolute atomic E-state index is 13.6. The highest BCUT2D eigenvalue weighted by atomic mass is 19.1. The van der Waals surface area contributed by atoms with E-state index in [1.165, 1.54) is 38.2 Å². The van der Waals surface area contributed by atoms with E-state index in [1.807, 2.05) is 6.07 Å². The summed E-state index contributed by atoms with van der Waals surface area (Å²) < 4.78 is 13.6. The summed E-state index contributed by atoms with van der Waals surface area (Å²) in [5.74, 6) is 0.551. The number of anilines is 1. The van der Waals surface area contributed by atoms with Gasteiger partial charge in [-0.15, -0.1) is 0 Å². The van der Waals surface area contributed by atoms with Gasteiger partial charge in [-0.3, -0.25) is 0 Å². The van der Waals surface area contributed by atoms with Gasteiger partial charge in [0.15, 0.2) is 0 Å². The van der Waals surface area contributed by atoms with Crippen molar-refractivity contribution in [3.8, 4) is 0 Å². The lowest BCUT2D eigenvalue weighted by atomic mass is 9.85. The summed E-state index contributed by atoms with van der Waals surface area (Å²) in [6.45, 7) is 0.941. The van der Waals surface area contributed by atoms with E-state index in [4.69, 9.17) is 0 Å². The number of fused-ring (bicyclic) bond motifs is 1. The SMILES string of the molecule is OCc1cc(F)cc(N2CCC3CCCCC32)c1. The third-order valence-corrected chi connectivity index (χ3v) is 4.47. The van der Waals surface area contributed by atoms with Gasteiger partial charge in [-0.2, -0.15) is 0 Å². The molecule has 1 aromatic carbocycles. The Morgan fingerprint density at radius 2 is 2.00 bits per heavy atom. The zero-order chi connectivity index (χ0) is 12.5. The van der Waals surface area contributed by atoms with Gasteiger partial charge in [0.1, 0.15) is 5.82 Å². The fourth-order valence-corrected chi connectivity index (χ4v) is 3.62. The lowest BCUT2D eigenvalue weighted by molar-refractivity contribution is 0.281. The van der Waals surface area contributed by atoms with Gasteiger partial charge in [-0.1, -0.05) is 12.8 Å². The average Bonchev–Trinajstić information content (AvgIpc) is 2.81. The molecule has 1 N–H and O–H groups in total. The van der Waals surface area contributed by atoms with Crippen molar-refractivity contribution in [3.05, 3.63) is 29.6 Å². The van der Waals surface area contributed by atoms with Crippen LogP contribution in [-0.4, -0.2) is 17.7 Å². The normalized spacial score (nSPS) is 27.3. The van der Waals surface area contributed by atoms with Crippen LogP contribution in [0.2, 0.25) is 0 Å². The molecule has 1 heterocycles. The van der Waals surface area contributed by atoms with Gasteiger partial charge in [0.25, 0.3) is 0 Å². The van der Waals surface area contributed by atoms with E-state index in [-0.39, 0.29) is 12.4 Å². The largest absolute Gasteiger partial charge is 0.392 e. The molecule has 18 heavy (non-hydrogen) atoms. The summed E-state index contributed by atoms with van der Waals surface area (Å²) in [5, 5.41) is 9.18. The van der Waals surface area contributed by atoms with Crippen molar-refractivity contribution in [3.63, 3.8) is 0 Å². The van der Waals surface area contributed by atoms with Crippen molar-refractivity contribution in [2.75, 3.05) is 11.4 Å². The van der Waals surface area contributed by atoms with Gasteiger partial charge in [-0.25, -0.2) is 4.39 Å². The molecule has 2 aliphatic rings. The van der Waals surface area contributed by atoms with E-state index in [1.54, 1.807) is 6.07 Å². The lowest BCUT2D eigenvalue weighted by Crippen LogP contribution is -2.34. The standard InChI is InChI=1S/C15H20FNO/c16-13-7-11(10-18)8-14(9-13)17-6-5-12-3-1-2-4-15(12)17/h7-9,12,15,18H,1-6,10H2. The quantitative estimate of drug-likeness (QED) is 0.870. The Balaban J connectivity index is 1.88. The van der Waals surface area contributed by atoms with Crippen LogP contribution in [0, 0.1) is 11.7 Å². The minimum Gasteiger partial charge on any atom is -0.392 e.